The molecule has 0 atom stereocenters. The minimum absolute atomic E-state index is 0.131. The van der Waals surface area contributed by atoms with E-state index in [1.807, 2.05) is 0 Å². The van der Waals surface area contributed by atoms with E-state index in [2.05, 4.69) is 216 Å². The van der Waals surface area contributed by atoms with Crippen molar-refractivity contribution in [3.63, 3.8) is 0 Å². The van der Waals surface area contributed by atoms with E-state index in [0.717, 1.165) is 0 Å². The van der Waals surface area contributed by atoms with E-state index < -0.39 is 15.8 Å². The number of rotatable bonds is 6. The molecule has 6 aromatic rings. The third-order valence-corrected chi connectivity index (χ3v) is 11.0. The standard InChI is InChI=1S/2C18H15P.CBrO.Rh/c2*1-4-10-16(11-5-1)19(17-12-6-2-7-13-17)18-14-8-3-9-15-18;2-1-3;/h2*1-15H;;. The Morgan fingerprint density at radius 3 is 0.595 bits per heavy atom. The Morgan fingerprint density at radius 1 is 0.357 bits per heavy atom. The monoisotopic (exact) mass is 734 g/mol. The number of hydrogen-bond donors (Lipinski definition) is 0. The van der Waals surface area contributed by atoms with Crippen molar-refractivity contribution in [1.82, 2.24) is 0 Å². The molecule has 0 N–H and O–H groups in total. The van der Waals surface area contributed by atoms with Crippen LogP contribution in [0.5, 0.6) is 0 Å². The average molecular weight is 735 g/mol. The first-order chi connectivity index (χ1) is 20.6. The molecule has 1 nitrogen and oxygen atoms in total. The topological polar surface area (TPSA) is 17.1 Å². The zero-order chi connectivity index (χ0) is 29.4. The van der Waals surface area contributed by atoms with Gasteiger partial charge in [-0.2, -0.15) is 0 Å². The van der Waals surface area contributed by atoms with Crippen LogP contribution in [0.1, 0.15) is 0 Å². The first kappa shape index (κ1) is 31.9. The van der Waals surface area contributed by atoms with Gasteiger partial charge in [0.05, 0.1) is 0 Å². The number of hydrogen-bond acceptors (Lipinski definition) is 1. The third-order valence-electron chi connectivity index (χ3n) is 6.09. The molecule has 0 aliphatic rings. The van der Waals surface area contributed by atoms with Crippen LogP contribution in [-0.4, -0.2) is 3.29 Å². The smallest absolute Gasteiger partial charge is 0.0134 e. The largest absolute Gasteiger partial charge is 0.0622 e. The van der Waals surface area contributed by atoms with Crippen LogP contribution in [0, 0.1) is 0 Å². The van der Waals surface area contributed by atoms with Gasteiger partial charge < -0.3 is 0 Å². The second-order valence-electron chi connectivity index (χ2n) is 8.89. The maximum atomic E-state index is 9.31. The summed E-state index contributed by atoms with van der Waals surface area (Å²) in [6.45, 7) is 0. The van der Waals surface area contributed by atoms with Gasteiger partial charge in [0.25, 0.3) is 0 Å². The van der Waals surface area contributed by atoms with Crippen molar-refractivity contribution in [3.05, 3.63) is 182 Å². The Morgan fingerprint density at radius 2 is 0.476 bits per heavy atom. The fourth-order valence-corrected chi connectivity index (χ4v) is 8.97. The maximum absolute atomic E-state index is 9.31. The molecule has 42 heavy (non-hydrogen) atoms. The van der Waals surface area contributed by atoms with Crippen LogP contribution in [0.2, 0.25) is 0 Å². The van der Waals surface area contributed by atoms with E-state index in [1.54, 1.807) is 0 Å². The summed E-state index contributed by atoms with van der Waals surface area (Å²) in [7, 11) is -0.892. The quantitative estimate of drug-likeness (QED) is 0.0966. The Kier molecular flexibility index (Phi) is 13.5. The molecule has 6 rings (SSSR count). The van der Waals surface area contributed by atoms with Gasteiger partial charge in [-0.1, -0.05) is 182 Å². The molecule has 0 saturated carbocycles. The van der Waals surface area contributed by atoms with Crippen LogP contribution >= 0.6 is 31.8 Å². The molecule has 210 valence electrons. The summed E-state index contributed by atoms with van der Waals surface area (Å²) in [5, 5.41) is 8.39. The number of carbonyl (C=O) groups is 1. The van der Waals surface area contributed by atoms with E-state index in [0.29, 0.717) is 0 Å². The van der Waals surface area contributed by atoms with E-state index in [4.69, 9.17) is 0 Å². The normalized spacial score (nSPS) is 10.2. The predicted octanol–water partition coefficient (Wildman–Crippen LogP) is 7.94. The molecule has 0 heterocycles. The van der Waals surface area contributed by atoms with E-state index in [-0.39, 0.29) is 3.29 Å². The summed E-state index contributed by atoms with van der Waals surface area (Å²) in [5.41, 5.74) is 0. The molecule has 0 spiro atoms. The fourth-order valence-electron chi connectivity index (χ4n) is 4.36. The number of carbonyl (C=O) groups excluding carboxylic acids is 1. The second kappa shape index (κ2) is 17.8. The minimum Gasteiger partial charge on any atom is -0.0622 e. The average Bonchev–Trinajstić information content (AvgIpc) is 3.05. The van der Waals surface area contributed by atoms with Gasteiger partial charge in [0.2, 0.25) is 0 Å². The summed E-state index contributed by atoms with van der Waals surface area (Å²) >= 11 is 4.68. The second-order valence-corrected chi connectivity index (χ2v) is 15.9. The van der Waals surface area contributed by atoms with Crippen LogP contribution in [0.3, 0.4) is 0 Å². The van der Waals surface area contributed by atoms with Gasteiger partial charge in [0.15, 0.2) is 0 Å². The van der Waals surface area contributed by atoms with E-state index >= 15 is 0 Å². The SMILES string of the molecule is O=[C](Br)[Rh].c1ccc(P(c2ccccc2)c2ccccc2)cc1.c1ccc(P(c2ccccc2)c2ccccc2)cc1. The van der Waals surface area contributed by atoms with Crippen molar-refractivity contribution in [1.29, 1.82) is 0 Å². The fraction of sp³-hybridized carbons (Fsp3) is 0. The Bertz CT molecular complexity index is 1280. The van der Waals surface area contributed by atoms with Gasteiger partial charge in [-0.05, 0) is 47.7 Å². The van der Waals surface area contributed by atoms with Crippen molar-refractivity contribution >= 4 is 66.9 Å². The molecule has 0 bridgehead atoms. The van der Waals surface area contributed by atoms with E-state index in [1.165, 1.54) is 31.8 Å². The summed E-state index contributed by atoms with van der Waals surface area (Å²) in [6.07, 6.45) is 0. The molecule has 0 saturated heterocycles. The molecule has 0 aliphatic heterocycles. The Balaban J connectivity index is 0.000000171. The van der Waals surface area contributed by atoms with Gasteiger partial charge in [-0.25, -0.2) is 0 Å². The van der Waals surface area contributed by atoms with Crippen molar-refractivity contribution < 1.29 is 23.1 Å². The molecular weight excluding hydrogens is 705 g/mol. The van der Waals surface area contributed by atoms with Gasteiger partial charge >= 0.3 is 42.3 Å². The van der Waals surface area contributed by atoms with Crippen LogP contribution in [-0.2, 0) is 18.3 Å². The van der Waals surface area contributed by atoms with Gasteiger partial charge in [-0.15, -0.1) is 0 Å². The van der Waals surface area contributed by atoms with Gasteiger partial charge in [0.1, 0.15) is 0 Å². The zero-order valence-electron chi connectivity index (χ0n) is 22.8. The first-order valence-electron chi connectivity index (χ1n) is 13.4. The Hall–Kier alpha value is -3.05. The summed E-state index contributed by atoms with van der Waals surface area (Å²) < 4.78 is -0.131. The van der Waals surface area contributed by atoms with Crippen molar-refractivity contribution in [2.75, 3.05) is 0 Å². The molecule has 0 aliphatic carbocycles. The van der Waals surface area contributed by atoms with Crippen molar-refractivity contribution in [2.24, 2.45) is 0 Å². The summed E-state index contributed by atoms with van der Waals surface area (Å²) in [6, 6.07) is 64.7. The van der Waals surface area contributed by atoms with Crippen LogP contribution in [0.25, 0.3) is 0 Å². The molecule has 5 heteroatoms. The molecule has 0 fully saturated rings. The summed E-state index contributed by atoms with van der Waals surface area (Å²) in [4.78, 5) is 9.31. The van der Waals surface area contributed by atoms with Crippen LogP contribution in [0.15, 0.2) is 182 Å². The molecule has 0 aromatic heterocycles. The predicted molar refractivity (Wildman–Crippen MR) is 185 cm³/mol. The molecule has 6 aromatic carbocycles. The molecule has 0 unspecified atom stereocenters. The number of halogens is 1. The molecular formula is C37H30BrOP2Rh. The first-order valence-corrected chi connectivity index (χ1v) is 17.7. The van der Waals surface area contributed by atoms with Crippen LogP contribution in [0.4, 0.5) is 4.79 Å². The van der Waals surface area contributed by atoms with Gasteiger partial charge in [-0.3, -0.25) is 0 Å². The van der Waals surface area contributed by atoms with E-state index in [9.17, 15) is 4.79 Å². The Labute approximate surface area is 270 Å². The summed E-state index contributed by atoms with van der Waals surface area (Å²) in [5.74, 6) is 0. The zero-order valence-corrected chi connectivity index (χ0v) is 27.8. The molecule has 0 amide bonds. The number of benzene rings is 6. The van der Waals surface area contributed by atoms with Gasteiger partial charge in [0, 0.05) is 0 Å². The third kappa shape index (κ3) is 10.0. The maximum Gasteiger partial charge on any atom is -0.0134 e. The van der Waals surface area contributed by atoms with Crippen molar-refractivity contribution in [2.45, 2.75) is 0 Å². The van der Waals surface area contributed by atoms with Crippen molar-refractivity contribution in [3.8, 4) is 0 Å². The van der Waals surface area contributed by atoms with Crippen LogP contribution < -0.4 is 31.8 Å². The molecule has 0 radical (unpaired) electrons. The minimum atomic E-state index is -0.446.